The van der Waals surface area contributed by atoms with Crippen molar-refractivity contribution in [3.8, 4) is 5.82 Å². The third-order valence-corrected chi connectivity index (χ3v) is 3.12. The van der Waals surface area contributed by atoms with Crippen LogP contribution in [-0.4, -0.2) is 20.8 Å². The van der Waals surface area contributed by atoms with E-state index in [1.807, 2.05) is 12.1 Å². The highest BCUT2D eigenvalue weighted by Crippen LogP contribution is 2.09. The summed E-state index contributed by atoms with van der Waals surface area (Å²) in [5.74, 6) is 0.295. The molecule has 0 atom stereocenters. The van der Waals surface area contributed by atoms with E-state index in [2.05, 4.69) is 20.7 Å². The summed E-state index contributed by atoms with van der Waals surface area (Å²) in [5.41, 5.74) is 0.938. The Morgan fingerprint density at radius 2 is 2.00 bits per heavy atom. The number of benzene rings is 1. The molecule has 0 spiro atoms. The predicted molar refractivity (Wildman–Crippen MR) is 83.6 cm³/mol. The predicted octanol–water partition coefficient (Wildman–Crippen LogP) is 2.73. The van der Waals surface area contributed by atoms with Gasteiger partial charge >= 0.3 is 6.03 Å². The maximum absolute atomic E-state index is 13.5. The Bertz CT molecular complexity index is 803. The number of amides is 2. The molecule has 2 N–H and O–H groups in total. The number of rotatable bonds is 4. The van der Waals surface area contributed by atoms with Crippen LogP contribution in [0.1, 0.15) is 5.56 Å². The standard InChI is InChI=1S/C16H14FN5O/c17-14-6-2-1-5-12(14)9-19-16(23)21-13-10-20-22(11-13)15-7-3-4-8-18-15/h1-8,10-11H,9H2,(H2,19,21,23). The van der Waals surface area contributed by atoms with Crippen LogP contribution in [0.2, 0.25) is 0 Å². The Morgan fingerprint density at radius 1 is 1.17 bits per heavy atom. The molecule has 0 unspecified atom stereocenters. The van der Waals surface area contributed by atoms with Crippen LogP contribution in [0.4, 0.5) is 14.9 Å². The molecule has 2 heterocycles. The number of anilines is 1. The van der Waals surface area contributed by atoms with E-state index in [1.54, 1.807) is 41.3 Å². The summed E-state index contributed by atoms with van der Waals surface area (Å²) < 4.78 is 15.0. The largest absolute Gasteiger partial charge is 0.334 e. The molecule has 3 rings (SSSR count). The van der Waals surface area contributed by atoms with E-state index in [0.717, 1.165) is 0 Å². The Hall–Kier alpha value is -3.22. The molecule has 1 aromatic carbocycles. The van der Waals surface area contributed by atoms with Crippen LogP contribution >= 0.6 is 0 Å². The quantitative estimate of drug-likeness (QED) is 0.778. The van der Waals surface area contributed by atoms with E-state index in [9.17, 15) is 9.18 Å². The minimum atomic E-state index is -0.436. The third-order valence-electron chi connectivity index (χ3n) is 3.12. The lowest BCUT2D eigenvalue weighted by Gasteiger charge is -2.06. The molecular formula is C16H14FN5O. The second-order valence-corrected chi connectivity index (χ2v) is 4.76. The molecular weight excluding hydrogens is 297 g/mol. The summed E-state index contributed by atoms with van der Waals surface area (Å²) in [6, 6.07) is 11.3. The van der Waals surface area contributed by atoms with Gasteiger partial charge in [0.05, 0.1) is 18.1 Å². The van der Waals surface area contributed by atoms with Crippen LogP contribution in [0.5, 0.6) is 0 Å². The Labute approximate surface area is 132 Å². The van der Waals surface area contributed by atoms with Crippen molar-refractivity contribution in [1.29, 1.82) is 0 Å². The molecule has 116 valence electrons. The van der Waals surface area contributed by atoms with Crippen molar-refractivity contribution < 1.29 is 9.18 Å². The van der Waals surface area contributed by atoms with Gasteiger partial charge in [-0.05, 0) is 18.2 Å². The van der Waals surface area contributed by atoms with Gasteiger partial charge in [0.1, 0.15) is 5.82 Å². The first-order valence-corrected chi connectivity index (χ1v) is 6.97. The zero-order valence-electron chi connectivity index (χ0n) is 12.1. The number of hydrogen-bond acceptors (Lipinski definition) is 3. The molecule has 7 heteroatoms. The number of nitrogens with one attached hydrogen (secondary N) is 2. The number of hydrogen-bond donors (Lipinski definition) is 2. The maximum Gasteiger partial charge on any atom is 0.319 e. The fraction of sp³-hybridized carbons (Fsp3) is 0.0625. The molecule has 3 aromatic rings. The molecule has 6 nitrogen and oxygen atoms in total. The monoisotopic (exact) mass is 311 g/mol. The van der Waals surface area contributed by atoms with Crippen LogP contribution in [0.15, 0.2) is 61.1 Å². The first-order chi connectivity index (χ1) is 11.2. The van der Waals surface area contributed by atoms with E-state index in [-0.39, 0.29) is 12.4 Å². The minimum Gasteiger partial charge on any atom is -0.334 e. The topological polar surface area (TPSA) is 71.8 Å². The third kappa shape index (κ3) is 3.70. The van der Waals surface area contributed by atoms with Gasteiger partial charge in [-0.3, -0.25) is 0 Å². The molecule has 0 aliphatic heterocycles. The molecule has 0 saturated carbocycles. The lowest BCUT2D eigenvalue weighted by Crippen LogP contribution is -2.28. The van der Waals surface area contributed by atoms with E-state index < -0.39 is 6.03 Å². The van der Waals surface area contributed by atoms with Gasteiger partial charge in [0.2, 0.25) is 0 Å². The van der Waals surface area contributed by atoms with Gasteiger partial charge in [0, 0.05) is 18.3 Å². The number of halogens is 1. The fourth-order valence-electron chi connectivity index (χ4n) is 1.99. The Kier molecular flexibility index (Phi) is 4.28. The van der Waals surface area contributed by atoms with Gasteiger partial charge in [-0.1, -0.05) is 24.3 Å². The van der Waals surface area contributed by atoms with Crippen molar-refractivity contribution >= 4 is 11.7 Å². The molecule has 0 aliphatic carbocycles. The van der Waals surface area contributed by atoms with Gasteiger partial charge < -0.3 is 10.6 Å². The van der Waals surface area contributed by atoms with Gasteiger partial charge in [-0.15, -0.1) is 0 Å². The highest BCUT2D eigenvalue weighted by atomic mass is 19.1. The number of carbonyl (C=O) groups excluding carboxylic acids is 1. The normalized spacial score (nSPS) is 10.3. The van der Waals surface area contributed by atoms with E-state index in [4.69, 9.17) is 0 Å². The Balaban J connectivity index is 1.58. The van der Waals surface area contributed by atoms with Crippen molar-refractivity contribution in [2.75, 3.05) is 5.32 Å². The van der Waals surface area contributed by atoms with Crippen molar-refractivity contribution in [3.63, 3.8) is 0 Å². The Morgan fingerprint density at radius 3 is 2.78 bits per heavy atom. The number of urea groups is 1. The second-order valence-electron chi connectivity index (χ2n) is 4.76. The van der Waals surface area contributed by atoms with E-state index in [1.165, 1.54) is 12.3 Å². The number of pyridine rings is 1. The van der Waals surface area contributed by atoms with Crippen molar-refractivity contribution in [2.45, 2.75) is 6.54 Å². The van der Waals surface area contributed by atoms with Gasteiger partial charge in [-0.2, -0.15) is 5.10 Å². The molecule has 0 saturated heterocycles. The fourth-order valence-corrected chi connectivity index (χ4v) is 1.99. The molecule has 0 aliphatic rings. The lowest BCUT2D eigenvalue weighted by molar-refractivity contribution is 0.251. The SMILES string of the molecule is O=C(NCc1ccccc1F)Nc1cnn(-c2ccccn2)c1. The maximum atomic E-state index is 13.5. The summed E-state index contributed by atoms with van der Waals surface area (Å²) in [6.45, 7) is 0.104. The summed E-state index contributed by atoms with van der Waals surface area (Å²) in [7, 11) is 0. The van der Waals surface area contributed by atoms with Crippen LogP contribution < -0.4 is 10.6 Å². The second kappa shape index (κ2) is 6.69. The molecule has 0 bridgehead atoms. The van der Waals surface area contributed by atoms with Crippen molar-refractivity contribution in [3.05, 3.63) is 72.4 Å². The summed E-state index contributed by atoms with van der Waals surface area (Å²) in [4.78, 5) is 16.0. The smallest absolute Gasteiger partial charge is 0.319 e. The van der Waals surface area contributed by atoms with Crippen LogP contribution in [0.25, 0.3) is 5.82 Å². The molecule has 23 heavy (non-hydrogen) atoms. The average Bonchev–Trinajstić information content (AvgIpc) is 3.03. The molecule has 0 radical (unpaired) electrons. The molecule has 2 aromatic heterocycles. The van der Waals surface area contributed by atoms with Crippen molar-refractivity contribution in [1.82, 2.24) is 20.1 Å². The van der Waals surface area contributed by atoms with Gasteiger partial charge in [-0.25, -0.2) is 18.9 Å². The summed E-state index contributed by atoms with van der Waals surface area (Å²) in [6.07, 6.45) is 4.81. The van der Waals surface area contributed by atoms with Crippen LogP contribution in [-0.2, 0) is 6.54 Å². The minimum absolute atomic E-state index is 0.104. The first-order valence-electron chi connectivity index (χ1n) is 6.97. The first kappa shape index (κ1) is 14.7. The summed E-state index contributed by atoms with van der Waals surface area (Å²) >= 11 is 0. The summed E-state index contributed by atoms with van der Waals surface area (Å²) in [5, 5.41) is 9.36. The van der Waals surface area contributed by atoms with Crippen molar-refractivity contribution in [2.24, 2.45) is 0 Å². The lowest BCUT2D eigenvalue weighted by atomic mass is 10.2. The van der Waals surface area contributed by atoms with Gasteiger partial charge in [0.15, 0.2) is 5.82 Å². The number of carbonyl (C=O) groups is 1. The van der Waals surface area contributed by atoms with Gasteiger partial charge in [0.25, 0.3) is 0 Å². The van der Waals surface area contributed by atoms with Crippen LogP contribution in [0.3, 0.4) is 0 Å². The highest BCUT2D eigenvalue weighted by Gasteiger charge is 2.07. The zero-order chi connectivity index (χ0) is 16.1. The zero-order valence-corrected chi connectivity index (χ0v) is 12.1. The average molecular weight is 311 g/mol. The van der Waals surface area contributed by atoms with E-state index >= 15 is 0 Å². The molecule has 0 fully saturated rings. The van der Waals surface area contributed by atoms with E-state index in [0.29, 0.717) is 17.1 Å². The highest BCUT2D eigenvalue weighted by molar-refractivity contribution is 5.88. The molecule has 2 amide bonds. The number of aromatic nitrogens is 3. The number of nitrogens with zero attached hydrogens (tertiary/aromatic N) is 3. The van der Waals surface area contributed by atoms with Crippen LogP contribution in [0, 0.1) is 5.82 Å².